The third kappa shape index (κ3) is 4.91. The van der Waals surface area contributed by atoms with Crippen LogP contribution in [0.3, 0.4) is 0 Å². The van der Waals surface area contributed by atoms with E-state index < -0.39 is 0 Å². The minimum atomic E-state index is 0.273. The first-order valence-electron chi connectivity index (χ1n) is 7.44. The van der Waals surface area contributed by atoms with Crippen LogP contribution in [0.4, 0.5) is 0 Å². The molecule has 2 rings (SSSR count). The summed E-state index contributed by atoms with van der Waals surface area (Å²) < 4.78 is 11.0. The van der Waals surface area contributed by atoms with Crippen molar-refractivity contribution in [1.82, 2.24) is 15.5 Å². The van der Waals surface area contributed by atoms with Crippen LogP contribution in [0.25, 0.3) is 0 Å². The molecule has 1 saturated heterocycles. The number of ether oxygens (including phenoxy) is 1. The van der Waals surface area contributed by atoms with Gasteiger partial charge in [-0.15, -0.1) is 0 Å². The van der Waals surface area contributed by atoms with Crippen molar-refractivity contribution in [3.05, 3.63) is 11.7 Å². The van der Waals surface area contributed by atoms with E-state index in [1.165, 1.54) is 12.8 Å². The van der Waals surface area contributed by atoms with E-state index in [0.29, 0.717) is 6.04 Å². The van der Waals surface area contributed by atoms with E-state index in [-0.39, 0.29) is 6.10 Å². The smallest absolute Gasteiger partial charge is 0.228 e. The van der Waals surface area contributed by atoms with Crippen molar-refractivity contribution in [2.24, 2.45) is 0 Å². The Hall–Kier alpha value is -0.940. The quantitative estimate of drug-likeness (QED) is 0.820. The van der Waals surface area contributed by atoms with Gasteiger partial charge in [0.1, 0.15) is 0 Å². The first-order chi connectivity index (χ1) is 9.28. The van der Waals surface area contributed by atoms with Crippen molar-refractivity contribution in [3.63, 3.8) is 0 Å². The van der Waals surface area contributed by atoms with Crippen LogP contribution in [0.15, 0.2) is 4.52 Å². The second kappa shape index (κ2) is 7.60. The third-order valence-corrected chi connectivity index (χ3v) is 3.42. The zero-order chi connectivity index (χ0) is 13.5. The van der Waals surface area contributed by atoms with Crippen LogP contribution >= 0.6 is 0 Å². The van der Waals surface area contributed by atoms with E-state index in [9.17, 15) is 0 Å². The molecule has 1 aliphatic heterocycles. The highest BCUT2D eigenvalue weighted by Crippen LogP contribution is 2.16. The predicted molar refractivity (Wildman–Crippen MR) is 73.1 cm³/mol. The van der Waals surface area contributed by atoms with Gasteiger partial charge in [-0.25, -0.2) is 0 Å². The highest BCUT2D eigenvalue weighted by atomic mass is 16.5. The summed E-state index contributed by atoms with van der Waals surface area (Å²) in [7, 11) is 0. The molecule has 108 valence electrons. The summed E-state index contributed by atoms with van der Waals surface area (Å²) in [5.41, 5.74) is 0. The standard InChI is InChI=1S/C14H25N3O2/c1-3-7-15-11(2)9-14-16-13(17-19-14)10-12-6-4-5-8-18-12/h11-12,15H,3-10H2,1-2H3. The van der Waals surface area contributed by atoms with Crippen molar-refractivity contribution in [1.29, 1.82) is 0 Å². The molecule has 0 aromatic carbocycles. The van der Waals surface area contributed by atoms with Crippen LogP contribution in [-0.2, 0) is 17.6 Å². The number of nitrogens with zero attached hydrogens (tertiary/aromatic N) is 2. The van der Waals surface area contributed by atoms with Gasteiger partial charge in [0.15, 0.2) is 5.82 Å². The van der Waals surface area contributed by atoms with Gasteiger partial charge in [0, 0.05) is 25.5 Å². The van der Waals surface area contributed by atoms with Crippen molar-refractivity contribution in [2.75, 3.05) is 13.2 Å². The molecule has 1 aromatic heterocycles. The van der Waals surface area contributed by atoms with Gasteiger partial charge in [-0.1, -0.05) is 12.1 Å². The maximum atomic E-state index is 5.69. The Morgan fingerprint density at radius 1 is 1.42 bits per heavy atom. The minimum absolute atomic E-state index is 0.273. The van der Waals surface area contributed by atoms with E-state index >= 15 is 0 Å². The maximum absolute atomic E-state index is 5.69. The molecule has 0 aliphatic carbocycles. The molecule has 0 radical (unpaired) electrons. The SMILES string of the molecule is CCCNC(C)Cc1nc(CC2CCCCO2)no1. The molecule has 2 atom stereocenters. The molecular weight excluding hydrogens is 242 g/mol. The summed E-state index contributed by atoms with van der Waals surface area (Å²) >= 11 is 0. The van der Waals surface area contributed by atoms with Crippen LogP contribution in [-0.4, -0.2) is 35.4 Å². The minimum Gasteiger partial charge on any atom is -0.378 e. The van der Waals surface area contributed by atoms with Crippen LogP contribution in [0.1, 0.15) is 51.2 Å². The summed E-state index contributed by atoms with van der Waals surface area (Å²) in [6.07, 6.45) is 6.51. The van der Waals surface area contributed by atoms with Gasteiger partial charge in [-0.2, -0.15) is 4.98 Å². The van der Waals surface area contributed by atoms with Crippen LogP contribution in [0.2, 0.25) is 0 Å². The molecule has 1 fully saturated rings. The zero-order valence-corrected chi connectivity index (χ0v) is 12.0. The van der Waals surface area contributed by atoms with Crippen LogP contribution in [0.5, 0.6) is 0 Å². The molecule has 19 heavy (non-hydrogen) atoms. The van der Waals surface area contributed by atoms with E-state index in [1.807, 2.05) is 0 Å². The molecule has 5 heteroatoms. The molecule has 2 unspecified atom stereocenters. The Balaban J connectivity index is 1.77. The molecule has 1 aromatic rings. The van der Waals surface area contributed by atoms with Crippen molar-refractivity contribution < 1.29 is 9.26 Å². The molecule has 0 bridgehead atoms. The molecule has 5 nitrogen and oxygen atoms in total. The lowest BCUT2D eigenvalue weighted by atomic mass is 10.1. The molecule has 1 N–H and O–H groups in total. The first kappa shape index (κ1) is 14.5. The number of hydrogen-bond donors (Lipinski definition) is 1. The number of nitrogens with one attached hydrogen (secondary N) is 1. The molecule has 0 saturated carbocycles. The molecule has 2 heterocycles. The number of hydrogen-bond acceptors (Lipinski definition) is 5. The predicted octanol–water partition coefficient (Wildman–Crippen LogP) is 2.11. The van der Waals surface area contributed by atoms with E-state index in [2.05, 4.69) is 29.3 Å². The average molecular weight is 267 g/mol. The third-order valence-electron chi connectivity index (χ3n) is 3.42. The first-order valence-corrected chi connectivity index (χ1v) is 7.44. The zero-order valence-electron chi connectivity index (χ0n) is 12.0. The van der Waals surface area contributed by atoms with E-state index in [1.54, 1.807) is 0 Å². The van der Waals surface area contributed by atoms with E-state index in [4.69, 9.17) is 9.26 Å². The van der Waals surface area contributed by atoms with E-state index in [0.717, 1.165) is 50.6 Å². The fourth-order valence-electron chi connectivity index (χ4n) is 2.35. The molecule has 0 spiro atoms. The van der Waals surface area contributed by atoms with Crippen molar-refractivity contribution in [3.8, 4) is 0 Å². The Bertz CT molecular complexity index is 361. The van der Waals surface area contributed by atoms with Gasteiger partial charge in [-0.05, 0) is 39.2 Å². The van der Waals surface area contributed by atoms with Gasteiger partial charge in [0.2, 0.25) is 5.89 Å². The summed E-state index contributed by atoms with van der Waals surface area (Å²) in [5, 5.41) is 7.47. The number of rotatable bonds is 7. The lowest BCUT2D eigenvalue weighted by Gasteiger charge is -2.20. The fourth-order valence-corrected chi connectivity index (χ4v) is 2.35. The van der Waals surface area contributed by atoms with Crippen LogP contribution < -0.4 is 5.32 Å². The molecule has 1 aliphatic rings. The average Bonchev–Trinajstić information content (AvgIpc) is 2.85. The Labute approximate surface area is 115 Å². The Morgan fingerprint density at radius 3 is 3.05 bits per heavy atom. The molecular formula is C14H25N3O2. The fraction of sp³-hybridized carbons (Fsp3) is 0.857. The number of aromatic nitrogens is 2. The highest BCUT2D eigenvalue weighted by Gasteiger charge is 2.18. The largest absolute Gasteiger partial charge is 0.378 e. The Kier molecular flexibility index (Phi) is 5.79. The van der Waals surface area contributed by atoms with Gasteiger partial charge in [0.05, 0.1) is 6.10 Å². The monoisotopic (exact) mass is 267 g/mol. The van der Waals surface area contributed by atoms with Gasteiger partial charge in [-0.3, -0.25) is 0 Å². The summed E-state index contributed by atoms with van der Waals surface area (Å²) in [6.45, 7) is 6.20. The second-order valence-electron chi connectivity index (χ2n) is 5.36. The van der Waals surface area contributed by atoms with Crippen molar-refractivity contribution in [2.45, 2.75) is 64.5 Å². The topological polar surface area (TPSA) is 60.2 Å². The highest BCUT2D eigenvalue weighted by molar-refractivity contribution is 4.91. The summed E-state index contributed by atoms with van der Waals surface area (Å²) in [6, 6.07) is 0.374. The van der Waals surface area contributed by atoms with Gasteiger partial charge in [0.25, 0.3) is 0 Å². The van der Waals surface area contributed by atoms with Crippen molar-refractivity contribution >= 4 is 0 Å². The summed E-state index contributed by atoms with van der Waals surface area (Å²) in [4.78, 5) is 4.45. The lowest BCUT2D eigenvalue weighted by molar-refractivity contribution is 0.0153. The normalized spacial score (nSPS) is 21.5. The lowest BCUT2D eigenvalue weighted by Crippen LogP contribution is -2.28. The van der Waals surface area contributed by atoms with Crippen LogP contribution in [0, 0.1) is 0 Å². The summed E-state index contributed by atoms with van der Waals surface area (Å²) in [5.74, 6) is 1.51. The van der Waals surface area contributed by atoms with Gasteiger partial charge >= 0.3 is 0 Å². The second-order valence-corrected chi connectivity index (χ2v) is 5.36. The van der Waals surface area contributed by atoms with Gasteiger partial charge < -0.3 is 14.6 Å². The maximum Gasteiger partial charge on any atom is 0.228 e. The molecule has 0 amide bonds. The Morgan fingerprint density at radius 2 is 2.32 bits per heavy atom.